The molecule has 9 nitrogen and oxygen atoms in total. The van der Waals surface area contributed by atoms with E-state index in [-0.39, 0.29) is 28.5 Å². The molecule has 0 atom stereocenters. The number of benzene rings is 2. The average Bonchev–Trinajstić information content (AvgIpc) is 3.29. The van der Waals surface area contributed by atoms with Gasteiger partial charge in [-0.1, -0.05) is 12.1 Å². The molecule has 10 heteroatoms. The molecule has 0 aliphatic heterocycles. The van der Waals surface area contributed by atoms with Crippen LogP contribution in [-0.4, -0.2) is 54.9 Å². The van der Waals surface area contributed by atoms with E-state index in [2.05, 4.69) is 15.6 Å². The molecule has 190 valence electrons. The first-order valence-corrected chi connectivity index (χ1v) is 12.4. The summed E-state index contributed by atoms with van der Waals surface area (Å²) in [4.78, 5) is 43.5. The molecule has 0 bridgehead atoms. The average molecular weight is 510 g/mol. The zero-order valence-electron chi connectivity index (χ0n) is 20.7. The summed E-state index contributed by atoms with van der Waals surface area (Å²) in [7, 11) is 3.28. The molecule has 0 spiro atoms. The Kier molecular flexibility index (Phi) is 9.54. The third-order valence-electron chi connectivity index (χ3n) is 5.39. The van der Waals surface area contributed by atoms with Gasteiger partial charge in [0.1, 0.15) is 10.8 Å². The van der Waals surface area contributed by atoms with E-state index in [0.717, 1.165) is 22.0 Å². The summed E-state index contributed by atoms with van der Waals surface area (Å²) >= 11 is 1.47. The minimum atomic E-state index is -0.710. The number of hydrogen-bond donors (Lipinski definition) is 3. The lowest BCUT2D eigenvalue weighted by Gasteiger charge is -2.17. The number of nitrogens with one attached hydrogen (secondary N) is 2. The first-order valence-electron chi connectivity index (χ1n) is 11.5. The Morgan fingerprint density at radius 3 is 2.53 bits per heavy atom. The van der Waals surface area contributed by atoms with Gasteiger partial charge in [0.15, 0.2) is 0 Å². The Balaban J connectivity index is 1.55. The molecule has 3 rings (SSSR count). The molecule has 36 heavy (non-hydrogen) atoms. The number of carbonyl (C=O) groups is 3. The third kappa shape index (κ3) is 7.62. The van der Waals surface area contributed by atoms with Gasteiger partial charge in [-0.3, -0.25) is 14.4 Å². The van der Waals surface area contributed by atoms with Crippen molar-refractivity contribution in [2.24, 2.45) is 5.73 Å². The molecule has 0 saturated carbocycles. The van der Waals surface area contributed by atoms with Crippen LogP contribution in [0.15, 0.2) is 47.8 Å². The molecule has 1 heterocycles. The van der Waals surface area contributed by atoms with E-state index in [1.165, 1.54) is 34.4 Å². The van der Waals surface area contributed by atoms with Crippen LogP contribution in [-0.2, 0) is 13.1 Å². The number of thiazole rings is 1. The summed E-state index contributed by atoms with van der Waals surface area (Å²) in [6, 6.07) is 12.1. The van der Waals surface area contributed by atoms with E-state index in [1.807, 2.05) is 36.6 Å². The molecule has 0 unspecified atom stereocenters. The highest BCUT2D eigenvalue weighted by atomic mass is 32.1. The molecule has 0 aliphatic rings. The predicted octanol–water partition coefficient (Wildman–Crippen LogP) is 2.74. The van der Waals surface area contributed by atoms with Gasteiger partial charge in [-0.15, -0.1) is 11.3 Å². The van der Waals surface area contributed by atoms with Gasteiger partial charge in [-0.25, -0.2) is 4.98 Å². The maximum atomic E-state index is 13.0. The van der Waals surface area contributed by atoms with E-state index < -0.39 is 5.91 Å². The van der Waals surface area contributed by atoms with Crippen molar-refractivity contribution in [2.75, 3.05) is 27.2 Å². The minimum Gasteiger partial charge on any atom is -0.497 e. The van der Waals surface area contributed by atoms with Gasteiger partial charge in [0, 0.05) is 47.9 Å². The monoisotopic (exact) mass is 509 g/mol. The molecule has 3 amide bonds. The van der Waals surface area contributed by atoms with Crippen LogP contribution in [0.2, 0.25) is 0 Å². The van der Waals surface area contributed by atoms with Gasteiger partial charge < -0.3 is 26.0 Å². The summed E-state index contributed by atoms with van der Waals surface area (Å²) in [5.74, 6) is -0.611. The number of methoxy groups -OCH3 is 1. The van der Waals surface area contributed by atoms with E-state index in [0.29, 0.717) is 32.6 Å². The van der Waals surface area contributed by atoms with Crippen molar-refractivity contribution in [3.05, 3.63) is 80.8 Å². The summed E-state index contributed by atoms with van der Waals surface area (Å²) in [5.41, 5.74) is 7.97. The third-order valence-corrected chi connectivity index (χ3v) is 6.34. The molecule has 4 N–H and O–H groups in total. The van der Waals surface area contributed by atoms with Crippen LogP contribution in [0.1, 0.15) is 53.8 Å². The Morgan fingerprint density at radius 1 is 1.08 bits per heavy atom. The summed E-state index contributed by atoms with van der Waals surface area (Å²) in [6.45, 7) is 4.02. The second kappa shape index (κ2) is 12.8. The molecular formula is C26H31N5O4S. The number of nitrogens with two attached hydrogens (primary N) is 1. The van der Waals surface area contributed by atoms with Crippen molar-refractivity contribution in [3.63, 3.8) is 0 Å². The van der Waals surface area contributed by atoms with E-state index in [4.69, 9.17) is 10.5 Å². The van der Waals surface area contributed by atoms with Crippen molar-refractivity contribution < 1.29 is 19.1 Å². The van der Waals surface area contributed by atoms with Gasteiger partial charge in [0.05, 0.1) is 13.7 Å². The summed E-state index contributed by atoms with van der Waals surface area (Å²) < 4.78 is 5.22. The number of carbonyl (C=O) groups excluding carboxylic acids is 3. The van der Waals surface area contributed by atoms with Crippen molar-refractivity contribution >= 4 is 29.1 Å². The molecule has 0 saturated heterocycles. The molecule has 2 aromatic carbocycles. The highest BCUT2D eigenvalue weighted by molar-refractivity contribution is 7.09. The van der Waals surface area contributed by atoms with Crippen LogP contribution in [0, 0.1) is 6.92 Å². The molecule has 1 aromatic heterocycles. The van der Waals surface area contributed by atoms with Gasteiger partial charge >= 0.3 is 0 Å². The van der Waals surface area contributed by atoms with Crippen LogP contribution in [0.4, 0.5) is 0 Å². The maximum Gasteiger partial charge on any atom is 0.254 e. The van der Waals surface area contributed by atoms with Crippen molar-refractivity contribution in [3.8, 4) is 5.75 Å². The lowest BCUT2D eigenvalue weighted by atomic mass is 10.0. The predicted molar refractivity (Wildman–Crippen MR) is 139 cm³/mol. The number of hydrogen-bond acceptors (Lipinski definition) is 7. The number of nitrogens with zero attached hydrogens (tertiary/aromatic N) is 2. The zero-order chi connectivity index (χ0) is 26.1. The Bertz CT molecular complexity index is 1230. The topological polar surface area (TPSA) is 127 Å². The molecule has 0 fully saturated rings. The van der Waals surface area contributed by atoms with Crippen LogP contribution in [0.3, 0.4) is 0 Å². The molecule has 0 aliphatic carbocycles. The second-order valence-corrected chi connectivity index (χ2v) is 9.29. The van der Waals surface area contributed by atoms with E-state index in [1.54, 1.807) is 14.2 Å². The van der Waals surface area contributed by atoms with E-state index >= 15 is 0 Å². The largest absolute Gasteiger partial charge is 0.497 e. The van der Waals surface area contributed by atoms with Gasteiger partial charge in [0.2, 0.25) is 5.91 Å². The van der Waals surface area contributed by atoms with Crippen LogP contribution in [0.25, 0.3) is 0 Å². The first-order chi connectivity index (χ1) is 17.3. The highest BCUT2D eigenvalue weighted by Crippen LogP contribution is 2.16. The van der Waals surface area contributed by atoms with Gasteiger partial charge in [-0.05, 0) is 55.8 Å². The van der Waals surface area contributed by atoms with Gasteiger partial charge in [0.25, 0.3) is 11.8 Å². The quantitative estimate of drug-likeness (QED) is 0.322. The maximum absolute atomic E-state index is 13.0. The summed E-state index contributed by atoms with van der Waals surface area (Å²) in [6.07, 6.45) is 0.701. The lowest BCUT2D eigenvalue weighted by Crippen LogP contribution is -2.29. The van der Waals surface area contributed by atoms with Gasteiger partial charge in [-0.2, -0.15) is 0 Å². The molecule has 0 radical (unpaired) electrons. The minimum absolute atomic E-state index is 0.101. The first kappa shape index (κ1) is 26.8. The number of aromatic nitrogens is 1. The number of primary amides is 1. The normalized spacial score (nSPS) is 10.6. The number of ether oxygens (including phenoxy) is 1. The Hall–Kier alpha value is -3.76. The Morgan fingerprint density at radius 2 is 1.83 bits per heavy atom. The van der Waals surface area contributed by atoms with Crippen molar-refractivity contribution in [1.82, 2.24) is 20.5 Å². The summed E-state index contributed by atoms with van der Waals surface area (Å²) in [5, 5.41) is 8.87. The van der Waals surface area contributed by atoms with Crippen LogP contribution >= 0.6 is 11.3 Å². The van der Waals surface area contributed by atoms with Crippen LogP contribution < -0.4 is 21.1 Å². The zero-order valence-corrected chi connectivity index (χ0v) is 21.5. The standard InChI is InChI=1S/C26H31N5O4S/c1-17-16-36-23(30-17)15-31(2)26(34)21-12-19(24(27)32)11-20(13-21)25(33)29-9-5-8-28-14-18-6-4-7-22(10-18)35-3/h4,6-7,10-13,16,28H,5,8-9,14-15H2,1-3H3,(H2,27,32)(H,29,33). The lowest BCUT2D eigenvalue weighted by molar-refractivity contribution is 0.0785. The molecule has 3 aromatic rings. The van der Waals surface area contributed by atoms with Crippen molar-refractivity contribution in [2.45, 2.75) is 26.4 Å². The Labute approximate surface area is 214 Å². The van der Waals surface area contributed by atoms with Crippen LogP contribution in [0.5, 0.6) is 5.75 Å². The fraction of sp³-hybridized carbons (Fsp3) is 0.308. The molecular weight excluding hydrogens is 478 g/mol. The fourth-order valence-corrected chi connectivity index (χ4v) is 4.35. The number of amides is 3. The SMILES string of the molecule is COc1cccc(CNCCCNC(=O)c2cc(C(N)=O)cc(C(=O)N(C)Cc3nc(C)cs3)c2)c1. The van der Waals surface area contributed by atoms with E-state index in [9.17, 15) is 14.4 Å². The van der Waals surface area contributed by atoms with Crippen molar-refractivity contribution in [1.29, 1.82) is 0 Å². The fourth-order valence-electron chi connectivity index (χ4n) is 3.53. The number of rotatable bonds is 12. The highest BCUT2D eigenvalue weighted by Gasteiger charge is 2.18. The second-order valence-electron chi connectivity index (χ2n) is 8.34. The number of aryl methyl sites for hydroxylation is 1. The smallest absolute Gasteiger partial charge is 0.254 e.